The standard InChI is InChI=1S/C9H12N3O3Se/c1-5(16)6-4-7(14-2)11-8(10-6)12-9(13)15-3/h4-5H,1-3H3,(H,10,11,12,13). The van der Waals surface area contributed by atoms with Gasteiger partial charge in [-0.1, -0.05) is 0 Å². The van der Waals surface area contributed by atoms with Gasteiger partial charge in [-0.05, 0) is 0 Å². The van der Waals surface area contributed by atoms with Gasteiger partial charge < -0.3 is 0 Å². The maximum absolute atomic E-state index is 11.0. The van der Waals surface area contributed by atoms with E-state index in [4.69, 9.17) is 4.74 Å². The van der Waals surface area contributed by atoms with E-state index in [2.05, 4.69) is 36.0 Å². The summed E-state index contributed by atoms with van der Waals surface area (Å²) in [5, 5.41) is 2.38. The van der Waals surface area contributed by atoms with Crippen LogP contribution in [0.3, 0.4) is 0 Å². The minimum absolute atomic E-state index is 0.0927. The van der Waals surface area contributed by atoms with Crippen LogP contribution in [0, 0.1) is 0 Å². The number of hydrogen-bond acceptors (Lipinski definition) is 5. The molecule has 87 valence electrons. The predicted molar refractivity (Wildman–Crippen MR) is 58.8 cm³/mol. The second-order valence-electron chi connectivity index (χ2n) is 2.92. The van der Waals surface area contributed by atoms with Gasteiger partial charge >= 0.3 is 101 Å². The summed E-state index contributed by atoms with van der Waals surface area (Å²) in [4.78, 5) is 19.2. The number of ether oxygens (including phenoxy) is 2. The third kappa shape index (κ3) is 3.36. The number of nitrogens with one attached hydrogen (secondary N) is 1. The summed E-state index contributed by atoms with van der Waals surface area (Å²) in [7, 11) is 2.77. The molecule has 1 aromatic rings. The second-order valence-corrected chi connectivity index (χ2v) is 4.40. The summed E-state index contributed by atoms with van der Waals surface area (Å²) < 4.78 is 9.45. The average Bonchev–Trinajstić information content (AvgIpc) is 2.28. The van der Waals surface area contributed by atoms with Crippen molar-refractivity contribution in [2.24, 2.45) is 0 Å². The summed E-state index contributed by atoms with van der Waals surface area (Å²) >= 11 is 2.91. The topological polar surface area (TPSA) is 73.3 Å². The number of anilines is 1. The second kappa shape index (κ2) is 5.67. The number of nitrogens with zero attached hydrogens (tertiary/aromatic N) is 2. The first kappa shape index (κ1) is 12.7. The van der Waals surface area contributed by atoms with Crippen LogP contribution in [-0.4, -0.2) is 46.3 Å². The summed E-state index contributed by atoms with van der Waals surface area (Å²) in [6.45, 7) is 1.93. The molecule has 0 saturated heterocycles. The molecule has 1 N–H and O–H groups in total. The first-order chi connectivity index (χ1) is 7.56. The van der Waals surface area contributed by atoms with E-state index < -0.39 is 6.09 Å². The average molecular weight is 289 g/mol. The number of hydrogen-bond donors (Lipinski definition) is 1. The van der Waals surface area contributed by atoms with Crippen LogP contribution < -0.4 is 10.1 Å². The van der Waals surface area contributed by atoms with Gasteiger partial charge in [0.15, 0.2) is 0 Å². The normalized spacial score (nSPS) is 11.8. The Balaban J connectivity index is 2.99. The third-order valence-corrected chi connectivity index (χ3v) is 2.25. The van der Waals surface area contributed by atoms with Crippen LogP contribution in [0.25, 0.3) is 0 Å². The zero-order chi connectivity index (χ0) is 12.1. The number of carbonyl (C=O) groups is 1. The molecule has 1 atom stereocenters. The molecule has 1 radical (unpaired) electrons. The quantitative estimate of drug-likeness (QED) is 0.837. The van der Waals surface area contributed by atoms with Crippen molar-refractivity contribution in [3.63, 3.8) is 0 Å². The van der Waals surface area contributed by atoms with Gasteiger partial charge in [0.05, 0.1) is 0 Å². The molecule has 1 amide bonds. The number of rotatable bonds is 3. The molecular formula is C9H12N3O3Se. The van der Waals surface area contributed by atoms with Crippen molar-refractivity contribution in [3.8, 4) is 5.88 Å². The van der Waals surface area contributed by atoms with Crippen molar-refractivity contribution in [1.29, 1.82) is 0 Å². The van der Waals surface area contributed by atoms with Crippen molar-refractivity contribution < 1.29 is 14.3 Å². The first-order valence-corrected chi connectivity index (χ1v) is 5.49. The molecule has 0 saturated carbocycles. The van der Waals surface area contributed by atoms with E-state index in [1.807, 2.05) is 6.92 Å². The van der Waals surface area contributed by atoms with Crippen LogP contribution in [0.4, 0.5) is 10.7 Å². The molecule has 1 aromatic heterocycles. The monoisotopic (exact) mass is 290 g/mol. The van der Waals surface area contributed by atoms with E-state index in [-0.39, 0.29) is 10.8 Å². The van der Waals surface area contributed by atoms with Crippen molar-refractivity contribution in [3.05, 3.63) is 11.8 Å². The van der Waals surface area contributed by atoms with Crippen molar-refractivity contribution in [2.45, 2.75) is 11.7 Å². The molecule has 0 bridgehead atoms. The Labute approximate surface area is 102 Å². The van der Waals surface area contributed by atoms with Gasteiger partial charge in [0.25, 0.3) is 0 Å². The number of amides is 1. The van der Waals surface area contributed by atoms with Crippen LogP contribution in [0.15, 0.2) is 6.07 Å². The van der Waals surface area contributed by atoms with Crippen LogP contribution in [-0.2, 0) is 4.74 Å². The number of carbonyl (C=O) groups excluding carboxylic acids is 1. The zero-order valence-corrected chi connectivity index (χ0v) is 10.9. The molecule has 7 heteroatoms. The fraction of sp³-hybridized carbons (Fsp3) is 0.444. The van der Waals surface area contributed by atoms with E-state index in [0.717, 1.165) is 5.69 Å². The summed E-state index contributed by atoms with van der Waals surface area (Å²) in [6.07, 6.45) is -0.619. The first-order valence-electron chi connectivity index (χ1n) is 4.50. The van der Waals surface area contributed by atoms with Gasteiger partial charge in [-0.2, -0.15) is 0 Å². The van der Waals surface area contributed by atoms with Crippen molar-refractivity contribution >= 4 is 28.1 Å². The molecule has 6 nitrogen and oxygen atoms in total. The van der Waals surface area contributed by atoms with E-state index >= 15 is 0 Å². The van der Waals surface area contributed by atoms with Crippen molar-refractivity contribution in [1.82, 2.24) is 9.97 Å². The Morgan fingerprint density at radius 1 is 1.50 bits per heavy atom. The SMILES string of the molecule is COC(=O)Nc1nc(OC)cc(C(C)[Se])n1. The van der Waals surface area contributed by atoms with E-state index in [0.29, 0.717) is 5.88 Å². The summed E-state index contributed by atoms with van der Waals surface area (Å²) in [5.41, 5.74) is 0.734. The summed E-state index contributed by atoms with van der Waals surface area (Å²) in [6, 6.07) is 1.70. The molecule has 0 aromatic carbocycles. The van der Waals surface area contributed by atoms with Crippen LogP contribution >= 0.6 is 0 Å². The molecular weight excluding hydrogens is 277 g/mol. The molecule has 1 unspecified atom stereocenters. The molecule has 0 aliphatic carbocycles. The molecule has 16 heavy (non-hydrogen) atoms. The Morgan fingerprint density at radius 3 is 2.69 bits per heavy atom. The maximum atomic E-state index is 11.0. The Bertz CT molecular complexity index is 384. The Hall–Kier alpha value is -1.33. The molecule has 1 heterocycles. The fourth-order valence-electron chi connectivity index (χ4n) is 0.954. The molecule has 0 aliphatic rings. The predicted octanol–water partition coefficient (Wildman–Crippen LogP) is 0.893. The Morgan fingerprint density at radius 2 is 2.19 bits per heavy atom. The number of methoxy groups -OCH3 is 2. The van der Waals surface area contributed by atoms with Crippen molar-refractivity contribution in [2.75, 3.05) is 19.5 Å². The molecule has 0 spiro atoms. The van der Waals surface area contributed by atoms with E-state index in [9.17, 15) is 4.79 Å². The van der Waals surface area contributed by atoms with Gasteiger partial charge in [-0.15, -0.1) is 0 Å². The van der Waals surface area contributed by atoms with E-state index in [1.54, 1.807) is 6.07 Å². The molecule has 0 aliphatic heterocycles. The van der Waals surface area contributed by atoms with Crippen LogP contribution in [0.5, 0.6) is 5.88 Å². The zero-order valence-electron chi connectivity index (χ0n) is 9.18. The number of aromatic nitrogens is 2. The van der Waals surface area contributed by atoms with Crippen LogP contribution in [0.2, 0.25) is 0 Å². The summed E-state index contributed by atoms with van der Waals surface area (Å²) in [5.74, 6) is 0.543. The minimum atomic E-state index is -0.619. The van der Waals surface area contributed by atoms with E-state index in [1.165, 1.54) is 14.2 Å². The third-order valence-electron chi connectivity index (χ3n) is 1.75. The van der Waals surface area contributed by atoms with Crippen LogP contribution in [0.1, 0.15) is 17.4 Å². The van der Waals surface area contributed by atoms with Gasteiger partial charge in [-0.3, -0.25) is 0 Å². The van der Waals surface area contributed by atoms with Gasteiger partial charge in [0.1, 0.15) is 0 Å². The van der Waals surface area contributed by atoms with Gasteiger partial charge in [0.2, 0.25) is 0 Å². The fourth-order valence-corrected chi connectivity index (χ4v) is 1.21. The molecule has 0 fully saturated rings. The van der Waals surface area contributed by atoms with Gasteiger partial charge in [-0.25, -0.2) is 0 Å². The van der Waals surface area contributed by atoms with Gasteiger partial charge in [0, 0.05) is 0 Å². The Kier molecular flexibility index (Phi) is 4.51. The molecule has 1 rings (SSSR count).